The number of aliphatic hydroxyl groups excluding tert-OH is 2. The van der Waals surface area contributed by atoms with Gasteiger partial charge in [-0.25, -0.2) is 0 Å². The molecule has 226 valence electrons. The molecular weight excluding hydrogens is 556 g/mol. The molecule has 3 saturated heterocycles. The van der Waals surface area contributed by atoms with E-state index in [1.807, 2.05) is 0 Å². The van der Waals surface area contributed by atoms with E-state index in [4.69, 9.17) is 42.6 Å². The molecule has 8 unspecified atom stereocenters. The van der Waals surface area contributed by atoms with Crippen molar-refractivity contribution in [2.75, 3.05) is 34.2 Å². The molecule has 0 spiro atoms. The van der Waals surface area contributed by atoms with Crippen molar-refractivity contribution in [2.45, 2.75) is 55.9 Å². The number of carbonyl (C=O) groups excluding carboxylic acids is 1. The van der Waals surface area contributed by atoms with E-state index in [1.165, 1.54) is 14.2 Å². The van der Waals surface area contributed by atoms with Gasteiger partial charge >= 0.3 is 5.97 Å². The summed E-state index contributed by atoms with van der Waals surface area (Å²) in [6, 6.07) is 6.93. The van der Waals surface area contributed by atoms with Crippen molar-refractivity contribution < 1.29 is 62.7 Å². The Bertz CT molecular complexity index is 1350. The second-order valence-corrected chi connectivity index (χ2v) is 11.0. The summed E-state index contributed by atoms with van der Waals surface area (Å²) < 4.78 is 51.5. The average Bonchev–Trinajstić information content (AvgIpc) is 3.61. The number of methoxy groups -OCH3 is 2. The Morgan fingerprint density at radius 1 is 0.881 bits per heavy atom. The minimum atomic E-state index is -1.44. The number of carbonyl (C=O) groups is 1. The van der Waals surface area contributed by atoms with Crippen LogP contribution in [0.25, 0.3) is 0 Å². The standard InChI is InChI=1S/C29H32O13/c1-11-36-9-20-27(40-11)24(31)25(32)29(41-20)42-26-14-7-17-16(38-10-39-17)6-13(14)21(22-15(26)8-37-28(22)33)12-4-18(34-2)23(30)19(5-12)35-3/h4-7,11,15,20-22,24-27,29-32H,8-10H2,1-3H3/t11?,15?,20?,21-,22+,24?,25?,26?,27?,29?/m0/s1. The van der Waals surface area contributed by atoms with E-state index >= 15 is 0 Å². The van der Waals surface area contributed by atoms with E-state index < -0.39 is 66.8 Å². The number of hydrogen-bond donors (Lipinski definition) is 3. The molecule has 3 fully saturated rings. The number of phenols is 1. The normalized spacial score (nSPS) is 36.5. The molecule has 1 aliphatic carbocycles. The third kappa shape index (κ3) is 4.26. The smallest absolute Gasteiger partial charge is 0.310 e. The van der Waals surface area contributed by atoms with Crippen LogP contribution in [0.1, 0.15) is 35.6 Å². The molecule has 3 N–H and O–H groups in total. The lowest BCUT2D eigenvalue weighted by Crippen LogP contribution is -2.63. The van der Waals surface area contributed by atoms with Crippen LogP contribution in [-0.4, -0.2) is 92.5 Å². The van der Waals surface area contributed by atoms with Crippen molar-refractivity contribution in [3.8, 4) is 28.7 Å². The number of cyclic esters (lactones) is 1. The molecule has 13 nitrogen and oxygen atoms in total. The van der Waals surface area contributed by atoms with Gasteiger partial charge < -0.3 is 58.0 Å². The molecule has 2 aromatic carbocycles. The fourth-order valence-electron chi connectivity index (χ4n) is 6.74. The van der Waals surface area contributed by atoms with Crippen molar-refractivity contribution in [2.24, 2.45) is 11.8 Å². The summed E-state index contributed by atoms with van der Waals surface area (Å²) in [4.78, 5) is 13.4. The molecule has 0 bridgehead atoms. The van der Waals surface area contributed by atoms with E-state index in [0.717, 1.165) is 0 Å². The average molecular weight is 589 g/mol. The Balaban J connectivity index is 1.32. The number of aliphatic hydroxyl groups is 2. The number of hydrogen-bond acceptors (Lipinski definition) is 13. The van der Waals surface area contributed by atoms with E-state index in [9.17, 15) is 20.1 Å². The Hall–Kier alpha value is -3.33. The quantitative estimate of drug-likeness (QED) is 0.430. The lowest BCUT2D eigenvalue weighted by Gasteiger charge is -2.47. The topological polar surface area (TPSA) is 161 Å². The molecular formula is C29H32O13. The van der Waals surface area contributed by atoms with E-state index in [-0.39, 0.29) is 37.3 Å². The van der Waals surface area contributed by atoms with E-state index in [2.05, 4.69) is 0 Å². The molecule has 0 amide bonds. The van der Waals surface area contributed by atoms with Crippen molar-refractivity contribution in [3.05, 3.63) is 41.0 Å². The van der Waals surface area contributed by atoms with Crippen LogP contribution in [0, 0.1) is 11.8 Å². The first kappa shape index (κ1) is 27.5. The molecule has 2 aromatic rings. The predicted octanol–water partition coefficient (Wildman–Crippen LogP) is 1.34. The van der Waals surface area contributed by atoms with Crippen LogP contribution in [0.5, 0.6) is 28.7 Å². The van der Waals surface area contributed by atoms with Crippen molar-refractivity contribution in [1.82, 2.24) is 0 Å². The lowest BCUT2D eigenvalue weighted by molar-refractivity contribution is -0.364. The monoisotopic (exact) mass is 588 g/mol. The van der Waals surface area contributed by atoms with Gasteiger partial charge in [0.15, 0.2) is 35.6 Å². The van der Waals surface area contributed by atoms with Gasteiger partial charge in [0, 0.05) is 11.8 Å². The number of esters is 1. The van der Waals surface area contributed by atoms with E-state index in [1.54, 1.807) is 31.2 Å². The molecule has 5 aliphatic rings. The lowest BCUT2D eigenvalue weighted by atomic mass is 9.66. The summed E-state index contributed by atoms with van der Waals surface area (Å²) in [5.41, 5.74) is 2.01. The highest BCUT2D eigenvalue weighted by Gasteiger charge is 2.56. The maximum Gasteiger partial charge on any atom is 0.310 e. The molecule has 0 saturated carbocycles. The van der Waals surface area contributed by atoms with E-state index in [0.29, 0.717) is 28.2 Å². The Kier molecular flexibility index (Phi) is 6.83. The third-order valence-electron chi connectivity index (χ3n) is 8.75. The van der Waals surface area contributed by atoms with Gasteiger partial charge in [-0.3, -0.25) is 4.79 Å². The van der Waals surface area contributed by atoms with Crippen LogP contribution >= 0.6 is 0 Å². The largest absolute Gasteiger partial charge is 0.502 e. The zero-order chi connectivity index (χ0) is 29.3. The van der Waals surface area contributed by atoms with Crippen LogP contribution in [0.15, 0.2) is 24.3 Å². The highest BCUT2D eigenvalue weighted by atomic mass is 16.8. The van der Waals surface area contributed by atoms with Crippen molar-refractivity contribution >= 4 is 5.97 Å². The molecule has 4 aliphatic heterocycles. The summed E-state index contributed by atoms with van der Waals surface area (Å²) in [5, 5.41) is 32.5. The number of fused-ring (bicyclic) bond motifs is 4. The first-order valence-corrected chi connectivity index (χ1v) is 13.8. The SMILES string of the molecule is COc1cc([C@H]2c3cc4c(cc3C(OC3OC5COC(C)OC5C(O)C3O)C3COC(=O)[C@H]32)OCO4)cc(OC)c1O. The zero-order valence-electron chi connectivity index (χ0n) is 23.1. The van der Waals surface area contributed by atoms with Gasteiger partial charge in [0.05, 0.1) is 39.5 Å². The van der Waals surface area contributed by atoms with Crippen LogP contribution in [-0.2, 0) is 28.5 Å². The molecule has 13 heteroatoms. The van der Waals surface area contributed by atoms with Crippen LogP contribution in [0.2, 0.25) is 0 Å². The van der Waals surface area contributed by atoms with Gasteiger partial charge in [-0.1, -0.05) is 0 Å². The van der Waals surface area contributed by atoms with Crippen molar-refractivity contribution in [1.29, 1.82) is 0 Å². The number of phenolic OH excluding ortho intramolecular Hbond substituents is 1. The number of rotatable bonds is 5. The van der Waals surface area contributed by atoms with Gasteiger partial charge in [-0.15, -0.1) is 0 Å². The number of benzene rings is 2. The first-order valence-electron chi connectivity index (χ1n) is 13.8. The molecule has 10 atom stereocenters. The predicted molar refractivity (Wildman–Crippen MR) is 138 cm³/mol. The van der Waals surface area contributed by atoms with Crippen LogP contribution < -0.4 is 18.9 Å². The summed E-state index contributed by atoms with van der Waals surface area (Å²) >= 11 is 0. The maximum atomic E-state index is 13.4. The van der Waals surface area contributed by atoms with Crippen LogP contribution in [0.4, 0.5) is 0 Å². The van der Waals surface area contributed by atoms with Crippen LogP contribution in [0.3, 0.4) is 0 Å². The van der Waals surface area contributed by atoms with Gasteiger partial charge in [0.1, 0.15) is 24.4 Å². The maximum absolute atomic E-state index is 13.4. The summed E-state index contributed by atoms with van der Waals surface area (Å²) in [5.74, 6) is -1.02. The van der Waals surface area contributed by atoms with Gasteiger partial charge in [-0.2, -0.15) is 0 Å². The molecule has 7 rings (SSSR count). The highest BCUT2D eigenvalue weighted by Crippen LogP contribution is 2.57. The highest BCUT2D eigenvalue weighted by molar-refractivity contribution is 5.79. The van der Waals surface area contributed by atoms with Gasteiger partial charge in [-0.05, 0) is 47.9 Å². The second-order valence-electron chi connectivity index (χ2n) is 11.0. The Morgan fingerprint density at radius 2 is 1.57 bits per heavy atom. The van der Waals surface area contributed by atoms with Crippen molar-refractivity contribution in [3.63, 3.8) is 0 Å². The number of aromatic hydroxyl groups is 1. The summed E-state index contributed by atoms with van der Waals surface area (Å²) in [6.45, 7) is 1.93. The molecule has 0 radical (unpaired) electrons. The minimum Gasteiger partial charge on any atom is -0.502 e. The zero-order valence-corrected chi connectivity index (χ0v) is 23.1. The molecule has 4 heterocycles. The summed E-state index contributed by atoms with van der Waals surface area (Å²) in [6.07, 6.45) is -6.80. The van der Waals surface area contributed by atoms with Gasteiger partial charge in [0.2, 0.25) is 12.5 Å². The Morgan fingerprint density at radius 3 is 2.26 bits per heavy atom. The third-order valence-corrected chi connectivity index (χ3v) is 8.75. The fraction of sp³-hybridized carbons (Fsp3) is 0.552. The fourth-order valence-corrected chi connectivity index (χ4v) is 6.74. The first-order chi connectivity index (χ1) is 20.3. The molecule has 0 aromatic heterocycles. The Labute approximate surface area is 240 Å². The number of ether oxygens (including phenoxy) is 9. The summed E-state index contributed by atoms with van der Waals surface area (Å²) in [7, 11) is 2.86. The van der Waals surface area contributed by atoms with Gasteiger partial charge in [0.25, 0.3) is 0 Å². The minimum absolute atomic E-state index is 0.0301. The molecule has 42 heavy (non-hydrogen) atoms. The second kappa shape index (κ2) is 10.4.